The van der Waals surface area contributed by atoms with Crippen molar-refractivity contribution in [3.05, 3.63) is 64.4 Å². The Morgan fingerprint density at radius 1 is 1.19 bits per heavy atom. The van der Waals surface area contributed by atoms with Gasteiger partial charge in [-0.25, -0.2) is 9.78 Å². The van der Waals surface area contributed by atoms with Gasteiger partial charge in [0, 0.05) is 12.7 Å². The molecule has 1 heterocycles. The molecule has 0 saturated heterocycles. The molecule has 138 valence electrons. The molecule has 0 bridgehead atoms. The molecule has 0 radical (unpaired) electrons. The van der Waals surface area contributed by atoms with Gasteiger partial charge in [-0.15, -0.1) is 0 Å². The van der Waals surface area contributed by atoms with Crippen LogP contribution < -0.4 is 10.9 Å². The Morgan fingerprint density at radius 2 is 1.96 bits per heavy atom. The van der Waals surface area contributed by atoms with Crippen molar-refractivity contribution < 1.29 is 14.3 Å². The van der Waals surface area contributed by atoms with E-state index in [1.807, 2.05) is 6.07 Å². The molecule has 1 aromatic heterocycles. The summed E-state index contributed by atoms with van der Waals surface area (Å²) in [5.41, 5.74) is 1.27. The molecule has 27 heavy (non-hydrogen) atoms. The number of nitrogens with one attached hydrogen (secondary N) is 1. The van der Waals surface area contributed by atoms with Gasteiger partial charge in [0.15, 0.2) is 5.16 Å². The van der Waals surface area contributed by atoms with Gasteiger partial charge in [0.25, 0.3) is 5.56 Å². The first kappa shape index (κ1) is 18.7. The molecule has 0 unspecified atom stereocenters. The average molecular weight is 383 g/mol. The molecular formula is C19H17N3O4S. The fourth-order valence-electron chi connectivity index (χ4n) is 2.50. The van der Waals surface area contributed by atoms with Crippen LogP contribution in [0.25, 0.3) is 10.9 Å². The predicted molar refractivity (Wildman–Crippen MR) is 104 cm³/mol. The number of amides is 1. The number of nitrogens with zero attached hydrogens (tertiary/aromatic N) is 2. The summed E-state index contributed by atoms with van der Waals surface area (Å²) in [5, 5.41) is 3.71. The van der Waals surface area contributed by atoms with Crippen LogP contribution in [0.4, 0.5) is 5.69 Å². The van der Waals surface area contributed by atoms with E-state index in [1.165, 1.54) is 23.4 Å². The number of carbonyl (C=O) groups is 2. The van der Waals surface area contributed by atoms with Crippen molar-refractivity contribution in [2.75, 3.05) is 18.2 Å². The van der Waals surface area contributed by atoms with Crippen molar-refractivity contribution in [3.8, 4) is 0 Å². The van der Waals surface area contributed by atoms with E-state index in [1.54, 1.807) is 49.5 Å². The van der Waals surface area contributed by atoms with Crippen LogP contribution in [0.5, 0.6) is 0 Å². The number of hydrogen-bond donors (Lipinski definition) is 1. The Kier molecular flexibility index (Phi) is 5.56. The van der Waals surface area contributed by atoms with Gasteiger partial charge in [0.05, 0.1) is 29.3 Å². The third-order valence-electron chi connectivity index (χ3n) is 3.84. The number of anilines is 1. The summed E-state index contributed by atoms with van der Waals surface area (Å²) in [5.74, 6) is -0.679. The standard InChI is InChI=1S/C19H17N3O4S/c1-22-17(24)14-8-3-4-9-15(14)21-19(22)27-11-16(23)20-13-7-5-6-12(10-13)18(25)26-2/h3-10H,11H2,1-2H3,(H,20,23). The summed E-state index contributed by atoms with van der Waals surface area (Å²) in [6.45, 7) is 0. The van der Waals surface area contributed by atoms with Crippen LogP contribution in [-0.4, -0.2) is 34.3 Å². The zero-order valence-corrected chi connectivity index (χ0v) is 15.6. The van der Waals surface area contributed by atoms with E-state index in [0.29, 0.717) is 27.3 Å². The number of aromatic nitrogens is 2. The van der Waals surface area contributed by atoms with E-state index in [-0.39, 0.29) is 17.2 Å². The fraction of sp³-hybridized carbons (Fsp3) is 0.158. The van der Waals surface area contributed by atoms with Crippen molar-refractivity contribution in [2.24, 2.45) is 7.05 Å². The lowest BCUT2D eigenvalue weighted by Gasteiger charge is -2.09. The molecular weight excluding hydrogens is 366 g/mol. The minimum absolute atomic E-state index is 0.0705. The summed E-state index contributed by atoms with van der Waals surface area (Å²) in [6, 6.07) is 13.6. The van der Waals surface area contributed by atoms with E-state index in [9.17, 15) is 14.4 Å². The molecule has 0 fully saturated rings. The van der Waals surface area contributed by atoms with Gasteiger partial charge >= 0.3 is 5.97 Å². The first-order chi connectivity index (χ1) is 13.0. The largest absolute Gasteiger partial charge is 0.465 e. The maximum atomic E-state index is 12.4. The molecule has 3 rings (SSSR count). The highest BCUT2D eigenvalue weighted by Gasteiger charge is 2.12. The zero-order chi connectivity index (χ0) is 19.4. The highest BCUT2D eigenvalue weighted by atomic mass is 32.2. The first-order valence-electron chi connectivity index (χ1n) is 8.06. The molecule has 0 aliphatic carbocycles. The molecule has 7 nitrogen and oxygen atoms in total. The highest BCUT2D eigenvalue weighted by molar-refractivity contribution is 7.99. The number of rotatable bonds is 5. The molecule has 0 saturated carbocycles. The minimum atomic E-state index is -0.476. The highest BCUT2D eigenvalue weighted by Crippen LogP contribution is 2.18. The molecule has 3 aromatic rings. The first-order valence-corrected chi connectivity index (χ1v) is 9.05. The van der Waals surface area contributed by atoms with E-state index >= 15 is 0 Å². The Bertz CT molecular complexity index is 1080. The quantitative estimate of drug-likeness (QED) is 0.413. The number of hydrogen-bond acceptors (Lipinski definition) is 6. The van der Waals surface area contributed by atoms with Gasteiger partial charge in [-0.2, -0.15) is 0 Å². The maximum Gasteiger partial charge on any atom is 0.337 e. The van der Waals surface area contributed by atoms with Gasteiger partial charge in [0.2, 0.25) is 5.91 Å². The molecule has 1 N–H and O–H groups in total. The number of fused-ring (bicyclic) bond motifs is 1. The Hall–Kier alpha value is -3.13. The number of methoxy groups -OCH3 is 1. The molecule has 0 aliphatic rings. The average Bonchev–Trinajstić information content (AvgIpc) is 2.69. The lowest BCUT2D eigenvalue weighted by Crippen LogP contribution is -2.21. The summed E-state index contributed by atoms with van der Waals surface area (Å²) >= 11 is 1.17. The van der Waals surface area contributed by atoms with E-state index < -0.39 is 5.97 Å². The second-order valence-corrected chi connectivity index (χ2v) is 6.63. The Labute approximate surface area is 159 Å². The number of carbonyl (C=O) groups excluding carboxylic acids is 2. The summed E-state index contributed by atoms with van der Waals surface area (Å²) in [4.78, 5) is 40.6. The van der Waals surface area contributed by atoms with Crippen molar-refractivity contribution >= 4 is 40.2 Å². The second kappa shape index (κ2) is 8.05. The normalized spacial score (nSPS) is 10.6. The third-order valence-corrected chi connectivity index (χ3v) is 4.87. The van der Waals surface area contributed by atoms with Crippen LogP contribution in [0.1, 0.15) is 10.4 Å². The fourth-order valence-corrected chi connectivity index (χ4v) is 3.27. The summed E-state index contributed by atoms with van der Waals surface area (Å²) in [6.07, 6.45) is 0. The van der Waals surface area contributed by atoms with Crippen molar-refractivity contribution in [1.29, 1.82) is 0 Å². The Balaban J connectivity index is 1.71. The smallest absolute Gasteiger partial charge is 0.337 e. The van der Waals surface area contributed by atoms with E-state index in [4.69, 9.17) is 0 Å². The van der Waals surface area contributed by atoms with E-state index in [2.05, 4.69) is 15.0 Å². The van der Waals surface area contributed by atoms with Crippen molar-refractivity contribution in [1.82, 2.24) is 9.55 Å². The van der Waals surface area contributed by atoms with Gasteiger partial charge in [-0.05, 0) is 30.3 Å². The summed E-state index contributed by atoms with van der Waals surface area (Å²) < 4.78 is 6.09. The zero-order valence-electron chi connectivity index (χ0n) is 14.8. The topological polar surface area (TPSA) is 90.3 Å². The summed E-state index contributed by atoms with van der Waals surface area (Å²) in [7, 11) is 2.92. The van der Waals surface area contributed by atoms with Crippen LogP contribution in [0.3, 0.4) is 0 Å². The Morgan fingerprint density at radius 3 is 2.74 bits per heavy atom. The molecule has 0 aliphatic heterocycles. The van der Waals surface area contributed by atoms with Gasteiger partial charge in [0.1, 0.15) is 0 Å². The van der Waals surface area contributed by atoms with Crippen LogP contribution in [0, 0.1) is 0 Å². The number of esters is 1. The molecule has 8 heteroatoms. The van der Waals surface area contributed by atoms with E-state index in [0.717, 1.165) is 0 Å². The second-order valence-electron chi connectivity index (χ2n) is 5.68. The van der Waals surface area contributed by atoms with Crippen LogP contribution >= 0.6 is 11.8 Å². The molecule has 1 amide bonds. The SMILES string of the molecule is COC(=O)c1cccc(NC(=O)CSc2nc3ccccc3c(=O)n2C)c1. The van der Waals surface area contributed by atoms with Crippen LogP contribution in [0.15, 0.2) is 58.5 Å². The van der Waals surface area contributed by atoms with Crippen molar-refractivity contribution in [3.63, 3.8) is 0 Å². The maximum absolute atomic E-state index is 12.4. The predicted octanol–water partition coefficient (Wildman–Crippen LogP) is 2.45. The van der Waals surface area contributed by atoms with Gasteiger partial charge < -0.3 is 10.1 Å². The lowest BCUT2D eigenvalue weighted by atomic mass is 10.2. The number of para-hydroxylation sites is 1. The van der Waals surface area contributed by atoms with Crippen molar-refractivity contribution in [2.45, 2.75) is 5.16 Å². The number of benzene rings is 2. The minimum Gasteiger partial charge on any atom is -0.465 e. The number of thioether (sulfide) groups is 1. The van der Waals surface area contributed by atoms with Gasteiger partial charge in [-0.1, -0.05) is 30.0 Å². The molecule has 0 spiro atoms. The van der Waals surface area contributed by atoms with Crippen LogP contribution in [0.2, 0.25) is 0 Å². The monoisotopic (exact) mass is 383 g/mol. The molecule has 0 atom stereocenters. The third kappa shape index (κ3) is 4.17. The lowest BCUT2D eigenvalue weighted by molar-refractivity contribution is -0.113. The van der Waals surface area contributed by atoms with Crippen LogP contribution in [-0.2, 0) is 16.6 Å². The molecule has 2 aromatic carbocycles. The van der Waals surface area contributed by atoms with Gasteiger partial charge in [-0.3, -0.25) is 14.2 Å². The number of ether oxygens (including phenoxy) is 1.